The smallest absolute Gasteiger partial charge is 0.210 e. The minimum absolute atomic E-state index is 0.00537. The first kappa shape index (κ1) is 20.2. The predicted octanol–water partition coefficient (Wildman–Crippen LogP) is 4.97. The number of carbonyl (C=O) groups is 1. The van der Waals surface area contributed by atoms with E-state index in [1.165, 1.54) is 28.7 Å². The fraction of sp³-hybridized carbons (Fsp3) is 0.250. The van der Waals surface area contributed by atoms with E-state index in [1.807, 2.05) is 38.1 Å². The Labute approximate surface area is 172 Å². The van der Waals surface area contributed by atoms with Crippen LogP contribution in [0.15, 0.2) is 46.8 Å². The Morgan fingerprint density at radius 1 is 1.07 bits per heavy atom. The Bertz CT molecular complexity index is 958. The number of ketones is 1. The molecule has 28 heavy (non-hydrogen) atoms. The molecule has 0 amide bonds. The normalized spacial score (nSPS) is 11.7. The Balaban J connectivity index is 1.66. The third-order valence-corrected chi connectivity index (χ3v) is 6.05. The van der Waals surface area contributed by atoms with E-state index in [0.29, 0.717) is 22.2 Å². The van der Waals surface area contributed by atoms with Crippen molar-refractivity contribution in [3.8, 4) is 11.5 Å². The molecule has 1 heterocycles. The van der Waals surface area contributed by atoms with Crippen molar-refractivity contribution in [3.63, 3.8) is 0 Å². The number of ether oxygens (including phenoxy) is 2. The molecule has 0 aliphatic rings. The maximum atomic E-state index is 12.8. The van der Waals surface area contributed by atoms with E-state index < -0.39 is 0 Å². The van der Waals surface area contributed by atoms with Gasteiger partial charge in [0.2, 0.25) is 5.13 Å². The monoisotopic (exact) mass is 415 g/mol. The molecule has 0 aliphatic heterocycles. The minimum Gasteiger partial charge on any atom is -0.493 e. The van der Waals surface area contributed by atoms with E-state index in [0.717, 1.165) is 10.0 Å². The quantitative estimate of drug-likeness (QED) is 0.411. The highest BCUT2D eigenvalue weighted by Crippen LogP contribution is 2.33. The van der Waals surface area contributed by atoms with Crippen molar-refractivity contribution in [1.29, 1.82) is 0 Å². The number of hydrogen-bond acceptors (Lipinski definition) is 8. The SMILES string of the molecule is COc1ccc(C(=O)C(C)Sc2nnc(Nc3ccc(C)cc3)s2)cc1OC. The molecule has 1 atom stereocenters. The van der Waals surface area contributed by atoms with Crippen LogP contribution in [0.1, 0.15) is 22.8 Å². The van der Waals surface area contributed by atoms with Crippen LogP contribution in [0.25, 0.3) is 0 Å². The fourth-order valence-electron chi connectivity index (χ4n) is 2.50. The van der Waals surface area contributed by atoms with Gasteiger partial charge in [0.15, 0.2) is 21.6 Å². The van der Waals surface area contributed by atoms with Crippen molar-refractivity contribution in [2.24, 2.45) is 0 Å². The molecule has 1 unspecified atom stereocenters. The molecule has 0 saturated heterocycles. The molecule has 146 valence electrons. The summed E-state index contributed by atoms with van der Waals surface area (Å²) in [5.41, 5.74) is 2.72. The van der Waals surface area contributed by atoms with E-state index >= 15 is 0 Å². The van der Waals surface area contributed by atoms with E-state index in [9.17, 15) is 4.79 Å². The second-order valence-electron chi connectivity index (χ2n) is 6.06. The lowest BCUT2D eigenvalue weighted by Gasteiger charge is -2.11. The van der Waals surface area contributed by atoms with Gasteiger partial charge >= 0.3 is 0 Å². The summed E-state index contributed by atoms with van der Waals surface area (Å²) in [6.07, 6.45) is 0. The number of thioether (sulfide) groups is 1. The predicted molar refractivity (Wildman–Crippen MR) is 114 cm³/mol. The lowest BCUT2D eigenvalue weighted by molar-refractivity contribution is 0.0993. The molecule has 2 aromatic carbocycles. The summed E-state index contributed by atoms with van der Waals surface area (Å²) in [5.74, 6) is 1.12. The summed E-state index contributed by atoms with van der Waals surface area (Å²) in [5, 5.41) is 12.0. The first-order valence-electron chi connectivity index (χ1n) is 8.60. The van der Waals surface area contributed by atoms with Crippen molar-refractivity contribution in [2.45, 2.75) is 23.4 Å². The highest BCUT2D eigenvalue weighted by Gasteiger charge is 2.20. The van der Waals surface area contributed by atoms with Gasteiger partial charge in [0.05, 0.1) is 19.5 Å². The van der Waals surface area contributed by atoms with Crippen LogP contribution in [0.2, 0.25) is 0 Å². The van der Waals surface area contributed by atoms with Crippen molar-refractivity contribution in [1.82, 2.24) is 10.2 Å². The lowest BCUT2D eigenvalue weighted by Crippen LogP contribution is -2.13. The summed E-state index contributed by atoms with van der Waals surface area (Å²) in [6.45, 7) is 3.90. The van der Waals surface area contributed by atoms with Gasteiger partial charge in [-0.05, 0) is 44.2 Å². The average molecular weight is 416 g/mol. The van der Waals surface area contributed by atoms with Crippen LogP contribution in [0.3, 0.4) is 0 Å². The standard InChI is InChI=1S/C20H21N3O3S2/c1-12-5-8-15(9-6-12)21-19-22-23-20(28-19)27-13(2)18(24)14-7-10-16(25-3)17(11-14)26-4/h5-11,13H,1-4H3,(H,21,22). The Morgan fingerprint density at radius 2 is 1.79 bits per heavy atom. The summed E-state index contributed by atoms with van der Waals surface area (Å²) in [4.78, 5) is 12.8. The molecule has 0 aliphatic carbocycles. The Morgan fingerprint density at radius 3 is 2.46 bits per heavy atom. The van der Waals surface area contributed by atoms with Gasteiger partial charge < -0.3 is 14.8 Å². The van der Waals surface area contributed by atoms with Crippen molar-refractivity contribution < 1.29 is 14.3 Å². The number of rotatable bonds is 8. The number of nitrogens with one attached hydrogen (secondary N) is 1. The number of nitrogens with zero attached hydrogens (tertiary/aromatic N) is 2. The van der Waals surface area contributed by atoms with Crippen molar-refractivity contribution in [3.05, 3.63) is 53.6 Å². The summed E-state index contributed by atoms with van der Waals surface area (Å²) in [7, 11) is 3.11. The molecule has 6 nitrogen and oxygen atoms in total. The molecule has 3 aromatic rings. The molecule has 0 saturated carbocycles. The molecule has 0 spiro atoms. The van der Waals surface area contributed by atoms with Crippen LogP contribution >= 0.6 is 23.1 Å². The second kappa shape index (κ2) is 9.07. The first-order valence-corrected chi connectivity index (χ1v) is 10.3. The molecule has 1 N–H and O–H groups in total. The Hall–Kier alpha value is -2.58. The molecule has 0 radical (unpaired) electrons. The number of aromatic nitrogens is 2. The van der Waals surface area contributed by atoms with Gasteiger partial charge in [-0.1, -0.05) is 40.8 Å². The second-order valence-corrected chi connectivity index (χ2v) is 8.62. The van der Waals surface area contributed by atoms with E-state index in [2.05, 4.69) is 15.5 Å². The largest absolute Gasteiger partial charge is 0.493 e. The highest BCUT2D eigenvalue weighted by molar-refractivity contribution is 8.02. The average Bonchev–Trinajstić information content (AvgIpc) is 3.15. The molecule has 3 rings (SSSR count). The van der Waals surface area contributed by atoms with Crippen LogP contribution in [0, 0.1) is 6.92 Å². The zero-order chi connectivity index (χ0) is 20.1. The maximum absolute atomic E-state index is 12.8. The molecule has 1 aromatic heterocycles. The number of anilines is 2. The van der Waals surface area contributed by atoms with Crippen molar-refractivity contribution >= 4 is 39.7 Å². The van der Waals surface area contributed by atoms with Crippen LogP contribution in [0.5, 0.6) is 11.5 Å². The number of carbonyl (C=O) groups excluding carboxylic acids is 1. The van der Waals surface area contributed by atoms with Crippen LogP contribution < -0.4 is 14.8 Å². The number of benzene rings is 2. The van der Waals surface area contributed by atoms with Gasteiger partial charge in [-0.25, -0.2) is 0 Å². The maximum Gasteiger partial charge on any atom is 0.210 e. The fourth-order valence-corrected chi connectivity index (χ4v) is 4.49. The highest BCUT2D eigenvalue weighted by atomic mass is 32.2. The third kappa shape index (κ3) is 4.82. The molecule has 8 heteroatoms. The van der Waals surface area contributed by atoms with Gasteiger partial charge in [-0.2, -0.15) is 0 Å². The molecule has 0 bridgehead atoms. The topological polar surface area (TPSA) is 73.3 Å². The lowest BCUT2D eigenvalue weighted by atomic mass is 10.1. The van der Waals surface area contributed by atoms with Gasteiger partial charge in [0.25, 0.3) is 0 Å². The summed E-state index contributed by atoms with van der Waals surface area (Å²) >= 11 is 2.81. The van der Waals surface area contributed by atoms with Gasteiger partial charge in [0.1, 0.15) is 0 Å². The van der Waals surface area contributed by atoms with Crippen LogP contribution in [-0.4, -0.2) is 35.5 Å². The summed E-state index contributed by atoms with van der Waals surface area (Å²) < 4.78 is 11.2. The minimum atomic E-state index is -0.307. The van der Waals surface area contributed by atoms with E-state index in [-0.39, 0.29) is 11.0 Å². The van der Waals surface area contributed by atoms with Gasteiger partial charge in [-0.3, -0.25) is 4.79 Å². The summed E-state index contributed by atoms with van der Waals surface area (Å²) in [6, 6.07) is 13.2. The van der Waals surface area contributed by atoms with Gasteiger partial charge in [0, 0.05) is 11.3 Å². The molecular formula is C20H21N3O3S2. The Kier molecular flexibility index (Phi) is 6.53. The number of hydrogen-bond donors (Lipinski definition) is 1. The van der Waals surface area contributed by atoms with E-state index in [4.69, 9.17) is 9.47 Å². The number of aryl methyl sites for hydroxylation is 1. The van der Waals surface area contributed by atoms with Crippen LogP contribution in [-0.2, 0) is 0 Å². The van der Waals surface area contributed by atoms with Crippen molar-refractivity contribution in [2.75, 3.05) is 19.5 Å². The molecular weight excluding hydrogens is 394 g/mol. The zero-order valence-corrected chi connectivity index (χ0v) is 17.7. The molecule has 0 fully saturated rings. The number of methoxy groups -OCH3 is 2. The first-order chi connectivity index (χ1) is 13.5. The number of Topliss-reactive ketones (excluding diaryl/α,β-unsaturated/α-hetero) is 1. The van der Waals surface area contributed by atoms with Crippen LogP contribution in [0.4, 0.5) is 10.8 Å². The zero-order valence-electron chi connectivity index (χ0n) is 16.1. The van der Waals surface area contributed by atoms with E-state index in [1.54, 1.807) is 32.4 Å². The third-order valence-electron chi connectivity index (χ3n) is 4.02. The van der Waals surface area contributed by atoms with Gasteiger partial charge in [-0.15, -0.1) is 10.2 Å².